The smallest absolute Gasteiger partial charge is 0.119 e. The second kappa shape index (κ2) is 8.09. The third-order valence-electron chi connectivity index (χ3n) is 2.32. The molecule has 0 aliphatic heterocycles. The lowest BCUT2D eigenvalue weighted by atomic mass is 10.2. The Morgan fingerprint density at radius 2 is 1.88 bits per heavy atom. The molecule has 1 aromatic rings. The minimum atomic E-state index is 0.561. The SMILES string of the molecule is COCCNCc1ccc(OCC(C)C)cc1. The molecule has 0 fully saturated rings. The zero-order valence-corrected chi connectivity index (χ0v) is 11.0. The zero-order valence-electron chi connectivity index (χ0n) is 11.0. The van der Waals surface area contributed by atoms with Crippen LogP contribution in [0.5, 0.6) is 5.75 Å². The summed E-state index contributed by atoms with van der Waals surface area (Å²) >= 11 is 0. The molecule has 0 amide bonds. The molecule has 0 atom stereocenters. The van der Waals surface area contributed by atoms with E-state index in [4.69, 9.17) is 9.47 Å². The lowest BCUT2D eigenvalue weighted by Gasteiger charge is -2.09. The van der Waals surface area contributed by atoms with Gasteiger partial charge in [-0.1, -0.05) is 26.0 Å². The molecule has 0 heterocycles. The Labute approximate surface area is 104 Å². The molecule has 0 saturated heterocycles. The van der Waals surface area contributed by atoms with Gasteiger partial charge in [0.1, 0.15) is 5.75 Å². The number of methoxy groups -OCH3 is 1. The minimum Gasteiger partial charge on any atom is -0.493 e. The molecule has 0 saturated carbocycles. The molecule has 3 nitrogen and oxygen atoms in total. The summed E-state index contributed by atoms with van der Waals surface area (Å²) in [6.07, 6.45) is 0. The summed E-state index contributed by atoms with van der Waals surface area (Å²) in [6.45, 7) is 7.55. The van der Waals surface area contributed by atoms with Gasteiger partial charge in [0.05, 0.1) is 13.2 Å². The summed E-state index contributed by atoms with van der Waals surface area (Å²) in [5.41, 5.74) is 1.26. The highest BCUT2D eigenvalue weighted by Gasteiger charge is 1.97. The maximum Gasteiger partial charge on any atom is 0.119 e. The van der Waals surface area contributed by atoms with Crippen LogP contribution in [-0.2, 0) is 11.3 Å². The van der Waals surface area contributed by atoms with Crippen molar-refractivity contribution in [1.29, 1.82) is 0 Å². The standard InChI is InChI=1S/C14H23NO2/c1-12(2)11-17-14-6-4-13(5-7-14)10-15-8-9-16-3/h4-7,12,15H,8-11H2,1-3H3. The monoisotopic (exact) mass is 237 g/mol. The fourth-order valence-electron chi connectivity index (χ4n) is 1.37. The zero-order chi connectivity index (χ0) is 12.5. The second-order valence-electron chi connectivity index (χ2n) is 4.52. The van der Waals surface area contributed by atoms with Gasteiger partial charge >= 0.3 is 0 Å². The van der Waals surface area contributed by atoms with Crippen LogP contribution in [0, 0.1) is 5.92 Å². The van der Waals surface area contributed by atoms with Gasteiger partial charge in [0.2, 0.25) is 0 Å². The Balaban J connectivity index is 2.29. The van der Waals surface area contributed by atoms with Crippen molar-refractivity contribution in [3.63, 3.8) is 0 Å². The fourth-order valence-corrected chi connectivity index (χ4v) is 1.37. The van der Waals surface area contributed by atoms with E-state index in [1.165, 1.54) is 5.56 Å². The van der Waals surface area contributed by atoms with Gasteiger partial charge in [0.15, 0.2) is 0 Å². The molecule has 1 N–H and O–H groups in total. The third kappa shape index (κ3) is 6.29. The first kappa shape index (κ1) is 14.0. The first-order chi connectivity index (χ1) is 8.22. The first-order valence-corrected chi connectivity index (χ1v) is 6.13. The molecule has 0 bridgehead atoms. The van der Waals surface area contributed by atoms with Crippen molar-refractivity contribution in [2.24, 2.45) is 5.92 Å². The van der Waals surface area contributed by atoms with Crippen LogP contribution in [0.15, 0.2) is 24.3 Å². The molecule has 96 valence electrons. The van der Waals surface area contributed by atoms with Crippen molar-refractivity contribution in [3.8, 4) is 5.75 Å². The summed E-state index contributed by atoms with van der Waals surface area (Å²) in [6, 6.07) is 8.23. The third-order valence-corrected chi connectivity index (χ3v) is 2.32. The molecule has 17 heavy (non-hydrogen) atoms. The Kier molecular flexibility index (Phi) is 6.67. The largest absolute Gasteiger partial charge is 0.493 e. The van der Waals surface area contributed by atoms with E-state index in [1.54, 1.807) is 7.11 Å². The van der Waals surface area contributed by atoms with Gasteiger partial charge in [-0.2, -0.15) is 0 Å². The molecule has 0 aliphatic rings. The molecule has 0 unspecified atom stereocenters. The van der Waals surface area contributed by atoms with Crippen LogP contribution < -0.4 is 10.1 Å². The maximum absolute atomic E-state index is 5.63. The van der Waals surface area contributed by atoms with Crippen LogP contribution in [0.3, 0.4) is 0 Å². The van der Waals surface area contributed by atoms with E-state index < -0.39 is 0 Å². The van der Waals surface area contributed by atoms with Gasteiger partial charge in [0, 0.05) is 20.2 Å². The molecule has 0 radical (unpaired) electrons. The summed E-state index contributed by atoms with van der Waals surface area (Å²) < 4.78 is 10.6. The number of rotatable bonds is 8. The fraction of sp³-hybridized carbons (Fsp3) is 0.571. The average molecular weight is 237 g/mol. The second-order valence-corrected chi connectivity index (χ2v) is 4.52. The predicted octanol–water partition coefficient (Wildman–Crippen LogP) is 2.46. The lowest BCUT2D eigenvalue weighted by molar-refractivity contribution is 0.199. The van der Waals surface area contributed by atoms with E-state index in [1.807, 2.05) is 12.1 Å². The lowest BCUT2D eigenvalue weighted by Crippen LogP contribution is -2.18. The van der Waals surface area contributed by atoms with E-state index in [0.717, 1.165) is 32.1 Å². The molecular formula is C14H23NO2. The number of hydrogen-bond acceptors (Lipinski definition) is 3. The van der Waals surface area contributed by atoms with Crippen LogP contribution in [0.1, 0.15) is 19.4 Å². The normalized spacial score (nSPS) is 10.8. The van der Waals surface area contributed by atoms with Crippen LogP contribution in [0.25, 0.3) is 0 Å². The van der Waals surface area contributed by atoms with Crippen LogP contribution >= 0.6 is 0 Å². The van der Waals surface area contributed by atoms with Gasteiger partial charge in [-0.05, 0) is 23.6 Å². The number of benzene rings is 1. The van der Waals surface area contributed by atoms with Crippen molar-refractivity contribution in [3.05, 3.63) is 29.8 Å². The quantitative estimate of drug-likeness (QED) is 0.704. The van der Waals surface area contributed by atoms with Gasteiger partial charge < -0.3 is 14.8 Å². The van der Waals surface area contributed by atoms with Gasteiger partial charge in [-0.25, -0.2) is 0 Å². The summed E-state index contributed by atoms with van der Waals surface area (Å²) in [5, 5.41) is 3.31. The van der Waals surface area contributed by atoms with Crippen molar-refractivity contribution in [1.82, 2.24) is 5.32 Å². The highest BCUT2D eigenvalue weighted by atomic mass is 16.5. The molecular weight excluding hydrogens is 214 g/mol. The summed E-state index contributed by atoms with van der Waals surface area (Å²) in [7, 11) is 1.71. The van der Waals surface area contributed by atoms with Crippen LogP contribution in [-0.4, -0.2) is 26.9 Å². The molecule has 1 aromatic carbocycles. The summed E-state index contributed by atoms with van der Waals surface area (Å²) in [4.78, 5) is 0. The highest BCUT2D eigenvalue weighted by Crippen LogP contribution is 2.13. The van der Waals surface area contributed by atoms with E-state index in [-0.39, 0.29) is 0 Å². The van der Waals surface area contributed by atoms with Crippen LogP contribution in [0.4, 0.5) is 0 Å². The number of ether oxygens (including phenoxy) is 2. The van der Waals surface area contributed by atoms with E-state index in [9.17, 15) is 0 Å². The van der Waals surface area contributed by atoms with Crippen molar-refractivity contribution in [2.45, 2.75) is 20.4 Å². The molecule has 1 rings (SSSR count). The maximum atomic E-state index is 5.63. The van der Waals surface area contributed by atoms with Crippen molar-refractivity contribution < 1.29 is 9.47 Å². The molecule has 3 heteroatoms. The molecule has 0 spiro atoms. The highest BCUT2D eigenvalue weighted by molar-refractivity contribution is 5.27. The van der Waals surface area contributed by atoms with E-state index in [2.05, 4.69) is 31.3 Å². The Bertz CT molecular complexity index is 296. The Morgan fingerprint density at radius 3 is 2.47 bits per heavy atom. The minimum absolute atomic E-state index is 0.561. The van der Waals surface area contributed by atoms with E-state index in [0.29, 0.717) is 5.92 Å². The average Bonchev–Trinajstić information content (AvgIpc) is 2.33. The van der Waals surface area contributed by atoms with Crippen LogP contribution in [0.2, 0.25) is 0 Å². The molecule has 0 aliphatic carbocycles. The Morgan fingerprint density at radius 1 is 1.18 bits per heavy atom. The van der Waals surface area contributed by atoms with Gasteiger partial charge in [-0.15, -0.1) is 0 Å². The molecule has 0 aromatic heterocycles. The Hall–Kier alpha value is -1.06. The van der Waals surface area contributed by atoms with Gasteiger partial charge in [-0.3, -0.25) is 0 Å². The predicted molar refractivity (Wildman–Crippen MR) is 70.4 cm³/mol. The number of hydrogen-bond donors (Lipinski definition) is 1. The van der Waals surface area contributed by atoms with Gasteiger partial charge in [0.25, 0.3) is 0 Å². The topological polar surface area (TPSA) is 30.5 Å². The number of nitrogens with one attached hydrogen (secondary N) is 1. The summed E-state index contributed by atoms with van der Waals surface area (Å²) in [5.74, 6) is 1.50. The van der Waals surface area contributed by atoms with Crippen molar-refractivity contribution >= 4 is 0 Å². The first-order valence-electron chi connectivity index (χ1n) is 6.13. The van der Waals surface area contributed by atoms with Crippen molar-refractivity contribution in [2.75, 3.05) is 26.9 Å². The van der Waals surface area contributed by atoms with E-state index >= 15 is 0 Å².